The second kappa shape index (κ2) is 9.21. The van der Waals surface area contributed by atoms with E-state index in [-0.39, 0.29) is 0 Å². The average molecular weight is 274 g/mol. The van der Waals surface area contributed by atoms with Crippen LogP contribution in [0.1, 0.15) is 20.8 Å². The van der Waals surface area contributed by atoms with Gasteiger partial charge in [-0.25, -0.2) is 0 Å². The quantitative estimate of drug-likeness (QED) is 0.463. The highest BCUT2D eigenvalue weighted by atomic mass is 28.4. The first-order valence-corrected chi connectivity index (χ1v) is 9.01. The maximum Gasteiger partial charge on any atom is 0.668 e. The predicted molar refractivity (Wildman–Crippen MR) is 61.1 cm³/mol. The molecule has 0 aliphatic rings. The van der Waals surface area contributed by atoms with Gasteiger partial charge in [0.15, 0.2) is 0 Å². The summed E-state index contributed by atoms with van der Waals surface area (Å²) < 4.78 is 16.2. The van der Waals surface area contributed by atoms with Crippen molar-refractivity contribution in [2.24, 2.45) is 0 Å². The van der Waals surface area contributed by atoms with Crippen LogP contribution in [-0.2, 0) is 13.3 Å². The molecule has 0 aliphatic heterocycles. The van der Waals surface area contributed by atoms with Gasteiger partial charge in [-0.2, -0.15) is 0 Å². The summed E-state index contributed by atoms with van der Waals surface area (Å²) in [5.41, 5.74) is 0. The lowest BCUT2D eigenvalue weighted by Gasteiger charge is -2.23. The summed E-state index contributed by atoms with van der Waals surface area (Å²) in [7, 11) is -6.86. The molecule has 9 heteroatoms. The van der Waals surface area contributed by atoms with Gasteiger partial charge >= 0.3 is 17.9 Å². The van der Waals surface area contributed by atoms with Gasteiger partial charge in [-0.1, -0.05) is 0 Å². The molecule has 16 heavy (non-hydrogen) atoms. The van der Waals surface area contributed by atoms with Crippen LogP contribution in [0.15, 0.2) is 0 Å². The van der Waals surface area contributed by atoms with Crippen LogP contribution in [-0.4, -0.2) is 56.9 Å². The maximum atomic E-state index is 7.33. The highest BCUT2D eigenvalue weighted by molar-refractivity contribution is 6.59. The Morgan fingerprint density at radius 1 is 0.750 bits per heavy atom. The minimum Gasteiger partial charge on any atom is -0.374 e. The Morgan fingerprint density at radius 3 is 1.06 bits per heavy atom. The van der Waals surface area contributed by atoms with E-state index in [1.54, 1.807) is 0 Å². The highest BCUT2D eigenvalue weighted by Gasteiger charge is 2.32. The zero-order valence-corrected chi connectivity index (χ0v) is 12.1. The van der Waals surface area contributed by atoms with E-state index in [0.717, 1.165) is 0 Å². The van der Waals surface area contributed by atoms with Crippen molar-refractivity contribution in [3.8, 4) is 0 Å². The summed E-state index contributed by atoms with van der Waals surface area (Å²) in [6.07, 6.45) is 0. The van der Waals surface area contributed by atoms with Gasteiger partial charge < -0.3 is 32.5 Å². The molecule has 0 fully saturated rings. The second-order valence-electron chi connectivity index (χ2n) is 2.76. The molecule has 0 bridgehead atoms. The molecule has 0 unspecified atom stereocenters. The monoisotopic (exact) mass is 274 g/mol. The zero-order valence-electron chi connectivity index (χ0n) is 10.1. The number of hydrogen-bond acceptors (Lipinski definition) is 7. The van der Waals surface area contributed by atoms with E-state index in [1.807, 2.05) is 27.3 Å². The Bertz CT molecular complexity index is 138. The first-order valence-electron chi connectivity index (χ1n) is 4.99. The Balaban J connectivity index is 0. The largest absolute Gasteiger partial charge is 0.668 e. The Kier molecular flexibility index (Phi) is 10.7. The van der Waals surface area contributed by atoms with Crippen LogP contribution in [0.5, 0.6) is 0 Å². The lowest BCUT2D eigenvalue weighted by molar-refractivity contribution is 0.0782. The van der Waals surface area contributed by atoms with Crippen LogP contribution in [0.2, 0.25) is 6.55 Å². The third-order valence-corrected chi connectivity index (χ3v) is 3.66. The molecule has 0 aromatic heterocycles. The van der Waals surface area contributed by atoms with Crippen LogP contribution in [0, 0.1) is 0 Å². The lowest BCUT2D eigenvalue weighted by Crippen LogP contribution is -2.42. The third kappa shape index (κ3) is 16.6. The summed E-state index contributed by atoms with van der Waals surface area (Å²) in [5.74, 6) is 0. The van der Waals surface area contributed by atoms with Crippen molar-refractivity contribution in [2.45, 2.75) is 27.3 Å². The van der Waals surface area contributed by atoms with Crippen molar-refractivity contribution in [2.75, 3.05) is 19.8 Å². The highest BCUT2D eigenvalue weighted by Crippen LogP contribution is 2.08. The molecule has 0 aromatic rings. The van der Waals surface area contributed by atoms with E-state index in [9.17, 15) is 0 Å². The van der Waals surface area contributed by atoms with E-state index in [4.69, 9.17) is 32.5 Å². The number of rotatable bonds is 6. The fourth-order valence-electron chi connectivity index (χ4n) is 0.912. The molecule has 0 atom stereocenters. The fraction of sp³-hybridized carbons (Fsp3) is 1.00. The van der Waals surface area contributed by atoms with Crippen LogP contribution < -0.4 is 0 Å². The topological polar surface area (TPSA) is 109 Å². The van der Waals surface area contributed by atoms with Gasteiger partial charge in [-0.3, -0.25) is 0 Å². The molecule has 100 valence electrons. The second-order valence-corrected chi connectivity index (χ2v) is 6.55. The molecule has 0 heterocycles. The van der Waals surface area contributed by atoms with Gasteiger partial charge in [-0.05, 0) is 20.8 Å². The van der Waals surface area contributed by atoms with Crippen molar-refractivity contribution >= 4 is 17.9 Å². The molecule has 0 aliphatic carbocycles. The van der Waals surface area contributed by atoms with E-state index >= 15 is 0 Å². The van der Waals surface area contributed by atoms with Gasteiger partial charge in [0.2, 0.25) is 0 Å². The van der Waals surface area contributed by atoms with E-state index < -0.39 is 17.9 Å². The summed E-state index contributed by atoms with van der Waals surface area (Å²) in [5, 5.41) is 0. The van der Waals surface area contributed by atoms with Crippen molar-refractivity contribution in [1.29, 1.82) is 0 Å². The van der Waals surface area contributed by atoms with E-state index in [0.29, 0.717) is 19.8 Å². The fourth-order valence-corrected chi connectivity index (χ4v) is 2.73. The first-order chi connectivity index (χ1) is 7.18. The first kappa shape index (κ1) is 18.5. The summed E-state index contributed by atoms with van der Waals surface area (Å²) in [4.78, 5) is 29.3. The van der Waals surface area contributed by atoms with Gasteiger partial charge in [0.1, 0.15) is 0 Å². The molecule has 0 saturated carbocycles. The minimum absolute atomic E-state index is 0.655. The lowest BCUT2D eigenvalue weighted by atomic mass is 10.9. The number of hydrogen-bond donors (Lipinski definition) is 4. The van der Waals surface area contributed by atoms with Gasteiger partial charge in [-0.15, -0.1) is 0 Å². The summed E-state index contributed by atoms with van der Waals surface area (Å²) in [6.45, 7) is 9.73. The molecular formula is C7H22O7Si2. The van der Waals surface area contributed by atoms with E-state index in [1.165, 1.54) is 0 Å². The molecule has 0 spiro atoms. The van der Waals surface area contributed by atoms with Crippen molar-refractivity contribution in [1.82, 2.24) is 0 Å². The third-order valence-electron chi connectivity index (χ3n) is 1.22. The maximum absolute atomic E-state index is 7.33. The van der Waals surface area contributed by atoms with Gasteiger partial charge in [0, 0.05) is 26.4 Å². The van der Waals surface area contributed by atoms with Crippen LogP contribution in [0.3, 0.4) is 0 Å². The molecule has 0 radical (unpaired) electrons. The minimum atomic E-state index is -4.61. The van der Waals surface area contributed by atoms with Crippen molar-refractivity contribution in [3.63, 3.8) is 0 Å². The summed E-state index contributed by atoms with van der Waals surface area (Å²) >= 11 is 0. The molecule has 0 saturated heterocycles. The molecular weight excluding hydrogens is 252 g/mol. The van der Waals surface area contributed by atoms with Gasteiger partial charge in [0.05, 0.1) is 0 Å². The smallest absolute Gasteiger partial charge is 0.374 e. The average Bonchev–Trinajstić information content (AvgIpc) is 2.01. The Morgan fingerprint density at radius 2 is 0.938 bits per heavy atom. The molecule has 0 amide bonds. The standard InChI is InChI=1S/C7H18O3Si.H4O4Si/c1-5-8-11(4,9-6-2)10-7-3;1-5(2,3)4/h5-7H2,1-4H3;1-4H. The Hall–Kier alpha value is 0.154. The Labute approximate surface area is 98.1 Å². The summed E-state index contributed by atoms with van der Waals surface area (Å²) in [6, 6.07) is 0. The van der Waals surface area contributed by atoms with Gasteiger partial charge in [0.25, 0.3) is 0 Å². The molecule has 7 nitrogen and oxygen atoms in total. The predicted octanol–water partition coefficient (Wildman–Crippen LogP) is -0.944. The van der Waals surface area contributed by atoms with Crippen LogP contribution >= 0.6 is 0 Å². The van der Waals surface area contributed by atoms with Crippen molar-refractivity contribution in [3.05, 3.63) is 0 Å². The SMILES string of the molecule is CCO[Si](C)(OCC)OCC.O[Si](O)(O)O. The van der Waals surface area contributed by atoms with Crippen LogP contribution in [0.25, 0.3) is 0 Å². The van der Waals surface area contributed by atoms with E-state index in [2.05, 4.69) is 0 Å². The molecule has 0 rings (SSSR count). The molecule has 0 aromatic carbocycles. The molecule has 4 N–H and O–H groups in total. The van der Waals surface area contributed by atoms with Crippen molar-refractivity contribution < 1.29 is 32.5 Å². The zero-order chi connectivity index (χ0) is 13.2. The normalized spacial score (nSPS) is 12.0. The van der Waals surface area contributed by atoms with Crippen LogP contribution in [0.4, 0.5) is 0 Å².